The summed E-state index contributed by atoms with van der Waals surface area (Å²) in [5.74, 6) is 0.761. The molecule has 2 rings (SSSR count). The molecule has 0 spiro atoms. The average molecular weight is 266 g/mol. The molecule has 0 bridgehead atoms. The lowest BCUT2D eigenvalue weighted by Gasteiger charge is -2.29. The molecule has 0 aliphatic carbocycles. The van der Waals surface area contributed by atoms with Gasteiger partial charge in [-0.25, -0.2) is 0 Å². The first-order valence-electron chi connectivity index (χ1n) is 6.22. The molecular weight excluding hydrogens is 248 g/mol. The minimum atomic E-state index is 0.0326. The van der Waals surface area contributed by atoms with Gasteiger partial charge in [0.15, 0.2) is 6.61 Å². The fourth-order valence-corrected chi connectivity index (χ4v) is 2.47. The monoisotopic (exact) mass is 266 g/mol. The number of hydrogen-bond donors (Lipinski definition) is 0. The van der Waals surface area contributed by atoms with E-state index in [0.29, 0.717) is 0 Å². The number of hydrogen-bond acceptors (Lipinski definition) is 4. The number of amides is 1. The molecule has 1 aromatic heterocycles. The Morgan fingerprint density at radius 3 is 3.06 bits per heavy atom. The Morgan fingerprint density at radius 1 is 1.61 bits per heavy atom. The second kappa shape index (κ2) is 6.54. The van der Waals surface area contributed by atoms with Gasteiger partial charge in [0.25, 0.3) is 5.91 Å². The van der Waals surface area contributed by atoms with Gasteiger partial charge in [0.05, 0.1) is 6.21 Å². The summed E-state index contributed by atoms with van der Waals surface area (Å²) in [7, 11) is 0. The van der Waals surface area contributed by atoms with Gasteiger partial charge in [-0.1, -0.05) is 18.1 Å². The van der Waals surface area contributed by atoms with Gasteiger partial charge in [0.2, 0.25) is 0 Å². The van der Waals surface area contributed by atoms with Gasteiger partial charge in [-0.15, -0.1) is 11.3 Å². The summed E-state index contributed by atoms with van der Waals surface area (Å²) in [6.07, 6.45) is 3.81. The van der Waals surface area contributed by atoms with Crippen molar-refractivity contribution >= 4 is 23.5 Å². The molecule has 5 heteroatoms. The van der Waals surface area contributed by atoms with Crippen LogP contribution in [0.5, 0.6) is 0 Å². The van der Waals surface area contributed by atoms with Crippen molar-refractivity contribution in [1.82, 2.24) is 4.90 Å². The van der Waals surface area contributed by atoms with Gasteiger partial charge in [-0.3, -0.25) is 4.79 Å². The van der Waals surface area contributed by atoms with E-state index in [1.807, 2.05) is 22.4 Å². The zero-order valence-electron chi connectivity index (χ0n) is 10.5. The molecule has 2 heterocycles. The molecule has 1 saturated heterocycles. The van der Waals surface area contributed by atoms with Crippen LogP contribution < -0.4 is 0 Å². The summed E-state index contributed by atoms with van der Waals surface area (Å²) in [5, 5.41) is 5.78. The van der Waals surface area contributed by atoms with E-state index in [9.17, 15) is 4.79 Å². The topological polar surface area (TPSA) is 41.9 Å². The van der Waals surface area contributed by atoms with Crippen molar-refractivity contribution < 1.29 is 9.63 Å². The summed E-state index contributed by atoms with van der Waals surface area (Å²) >= 11 is 1.59. The van der Waals surface area contributed by atoms with E-state index in [-0.39, 0.29) is 12.5 Å². The van der Waals surface area contributed by atoms with E-state index < -0.39 is 0 Å². The molecule has 98 valence electrons. The normalized spacial score (nSPS) is 17.3. The third-order valence-electron chi connectivity index (χ3n) is 3.12. The SMILES string of the molecule is CC1CCN(C(=O)CON=Cc2cccs2)CC1. The average Bonchev–Trinajstić information content (AvgIpc) is 2.88. The van der Waals surface area contributed by atoms with Crippen LogP contribution in [0.1, 0.15) is 24.6 Å². The number of carbonyl (C=O) groups excluding carboxylic acids is 1. The number of carbonyl (C=O) groups is 1. The van der Waals surface area contributed by atoms with Gasteiger partial charge in [0.1, 0.15) is 0 Å². The summed E-state index contributed by atoms with van der Waals surface area (Å²) in [4.78, 5) is 19.7. The largest absolute Gasteiger partial charge is 0.386 e. The molecule has 1 aliphatic heterocycles. The fraction of sp³-hybridized carbons (Fsp3) is 0.538. The van der Waals surface area contributed by atoms with Crippen LogP contribution in [0.3, 0.4) is 0 Å². The Kier molecular flexibility index (Phi) is 4.75. The maximum atomic E-state index is 11.8. The molecule has 1 fully saturated rings. The molecule has 18 heavy (non-hydrogen) atoms. The number of rotatable bonds is 4. The van der Waals surface area contributed by atoms with Crippen molar-refractivity contribution in [3.8, 4) is 0 Å². The predicted octanol–water partition coefficient (Wildman–Crippen LogP) is 2.36. The fourth-order valence-electron chi connectivity index (χ4n) is 1.90. The summed E-state index contributed by atoms with van der Waals surface area (Å²) in [6.45, 7) is 3.95. The van der Waals surface area contributed by atoms with E-state index in [0.717, 1.165) is 36.7 Å². The molecule has 0 unspecified atom stereocenters. The number of likely N-dealkylation sites (tertiary alicyclic amines) is 1. The summed E-state index contributed by atoms with van der Waals surface area (Å²) < 4.78 is 0. The second-order valence-corrected chi connectivity index (χ2v) is 5.57. The lowest BCUT2D eigenvalue weighted by Crippen LogP contribution is -2.39. The van der Waals surface area contributed by atoms with Crippen molar-refractivity contribution in [2.75, 3.05) is 19.7 Å². The first-order chi connectivity index (χ1) is 8.75. The highest BCUT2D eigenvalue weighted by Crippen LogP contribution is 2.15. The van der Waals surface area contributed by atoms with Crippen molar-refractivity contribution in [3.63, 3.8) is 0 Å². The van der Waals surface area contributed by atoms with Crippen LogP contribution in [0.4, 0.5) is 0 Å². The van der Waals surface area contributed by atoms with Crippen molar-refractivity contribution in [2.45, 2.75) is 19.8 Å². The summed E-state index contributed by atoms with van der Waals surface area (Å²) in [5.41, 5.74) is 0. The summed E-state index contributed by atoms with van der Waals surface area (Å²) in [6, 6.07) is 3.90. The number of nitrogens with zero attached hydrogens (tertiary/aromatic N) is 2. The van der Waals surface area contributed by atoms with E-state index in [2.05, 4.69) is 12.1 Å². The molecule has 0 N–H and O–H groups in total. The third kappa shape index (κ3) is 3.84. The van der Waals surface area contributed by atoms with E-state index in [4.69, 9.17) is 4.84 Å². The highest BCUT2D eigenvalue weighted by molar-refractivity contribution is 7.11. The number of thiophene rings is 1. The molecule has 1 amide bonds. The molecule has 0 aromatic carbocycles. The highest BCUT2D eigenvalue weighted by Gasteiger charge is 2.20. The van der Waals surface area contributed by atoms with E-state index in [1.165, 1.54) is 0 Å². The van der Waals surface area contributed by atoms with Crippen LogP contribution in [-0.2, 0) is 9.63 Å². The zero-order chi connectivity index (χ0) is 12.8. The Bertz CT molecular complexity index is 395. The smallest absolute Gasteiger partial charge is 0.263 e. The van der Waals surface area contributed by atoms with Gasteiger partial charge in [-0.05, 0) is 30.2 Å². The van der Waals surface area contributed by atoms with Crippen LogP contribution in [0.25, 0.3) is 0 Å². The standard InChI is InChI=1S/C13H18N2O2S/c1-11-4-6-15(7-5-11)13(16)10-17-14-9-12-3-2-8-18-12/h2-3,8-9,11H,4-7,10H2,1H3. The Hall–Kier alpha value is -1.36. The maximum absolute atomic E-state index is 11.8. The van der Waals surface area contributed by atoms with Crippen LogP contribution in [0, 0.1) is 5.92 Å². The van der Waals surface area contributed by atoms with Gasteiger partial charge in [-0.2, -0.15) is 0 Å². The Morgan fingerprint density at radius 2 is 2.39 bits per heavy atom. The lowest BCUT2D eigenvalue weighted by atomic mass is 9.99. The second-order valence-electron chi connectivity index (χ2n) is 4.59. The first-order valence-corrected chi connectivity index (χ1v) is 7.10. The molecule has 0 radical (unpaired) electrons. The Balaban J connectivity index is 1.68. The van der Waals surface area contributed by atoms with Gasteiger partial charge in [0, 0.05) is 18.0 Å². The quantitative estimate of drug-likeness (QED) is 0.620. The van der Waals surface area contributed by atoms with E-state index in [1.54, 1.807) is 17.6 Å². The zero-order valence-corrected chi connectivity index (χ0v) is 11.4. The Labute approximate surface area is 111 Å². The van der Waals surface area contributed by atoms with E-state index >= 15 is 0 Å². The molecular formula is C13H18N2O2S. The minimum Gasteiger partial charge on any atom is -0.386 e. The van der Waals surface area contributed by atoms with Crippen LogP contribution >= 0.6 is 11.3 Å². The first kappa shape index (κ1) is 13.1. The highest BCUT2D eigenvalue weighted by atomic mass is 32.1. The van der Waals surface area contributed by atoms with Gasteiger partial charge < -0.3 is 9.74 Å². The number of piperidine rings is 1. The lowest BCUT2D eigenvalue weighted by molar-refractivity contribution is -0.137. The molecule has 4 nitrogen and oxygen atoms in total. The van der Waals surface area contributed by atoms with Crippen LogP contribution in [0.2, 0.25) is 0 Å². The number of oxime groups is 1. The molecule has 0 atom stereocenters. The minimum absolute atomic E-state index is 0.0326. The van der Waals surface area contributed by atoms with Gasteiger partial charge >= 0.3 is 0 Å². The third-order valence-corrected chi connectivity index (χ3v) is 3.93. The van der Waals surface area contributed by atoms with Crippen LogP contribution in [0.15, 0.2) is 22.7 Å². The van der Waals surface area contributed by atoms with Crippen molar-refractivity contribution in [3.05, 3.63) is 22.4 Å². The molecule has 0 saturated carbocycles. The van der Waals surface area contributed by atoms with Crippen LogP contribution in [-0.4, -0.2) is 36.7 Å². The maximum Gasteiger partial charge on any atom is 0.263 e. The van der Waals surface area contributed by atoms with Crippen molar-refractivity contribution in [2.24, 2.45) is 11.1 Å². The predicted molar refractivity (Wildman–Crippen MR) is 72.8 cm³/mol. The molecule has 1 aromatic rings. The molecule has 1 aliphatic rings. The van der Waals surface area contributed by atoms with Crippen molar-refractivity contribution in [1.29, 1.82) is 0 Å².